The van der Waals surface area contributed by atoms with E-state index in [9.17, 15) is 4.79 Å². The first kappa shape index (κ1) is 20.9. The normalized spacial score (nSPS) is 12.0. The molecule has 0 fully saturated rings. The molecular formula is C21H26N5O2S+. The number of ether oxygens (including phenoxy) is 1. The minimum atomic E-state index is -0.0343. The summed E-state index contributed by atoms with van der Waals surface area (Å²) in [5.74, 6) is 1.68. The van der Waals surface area contributed by atoms with Crippen molar-refractivity contribution in [2.24, 2.45) is 0 Å². The van der Waals surface area contributed by atoms with Gasteiger partial charge in [-0.05, 0) is 24.3 Å². The second-order valence-corrected chi connectivity index (χ2v) is 7.77. The minimum absolute atomic E-state index is 0.0343. The van der Waals surface area contributed by atoms with Crippen molar-refractivity contribution in [2.45, 2.75) is 11.2 Å². The van der Waals surface area contributed by atoms with Gasteiger partial charge < -0.3 is 15.0 Å². The zero-order valence-corrected chi connectivity index (χ0v) is 17.6. The van der Waals surface area contributed by atoms with Gasteiger partial charge in [-0.1, -0.05) is 42.1 Å². The Kier molecular flexibility index (Phi) is 7.26. The molecule has 0 aliphatic carbocycles. The Balaban J connectivity index is 1.51. The number of likely N-dealkylation sites (N-methyl/N-ethyl adjacent to an activating group) is 1. The van der Waals surface area contributed by atoms with E-state index in [1.54, 1.807) is 7.11 Å². The van der Waals surface area contributed by atoms with Gasteiger partial charge in [0.1, 0.15) is 11.8 Å². The van der Waals surface area contributed by atoms with E-state index in [1.807, 2.05) is 42.5 Å². The molecule has 0 radical (unpaired) electrons. The van der Waals surface area contributed by atoms with Crippen molar-refractivity contribution in [3.05, 3.63) is 60.2 Å². The fourth-order valence-corrected chi connectivity index (χ4v) is 3.55. The molecule has 7 nitrogen and oxygen atoms in total. The highest BCUT2D eigenvalue weighted by Crippen LogP contribution is 2.21. The molecule has 3 N–H and O–H groups in total. The summed E-state index contributed by atoms with van der Waals surface area (Å²) in [4.78, 5) is 18.0. The number of carbonyl (C=O) groups is 1. The van der Waals surface area contributed by atoms with Gasteiger partial charge in [0, 0.05) is 11.1 Å². The van der Waals surface area contributed by atoms with Crippen molar-refractivity contribution in [1.29, 1.82) is 0 Å². The summed E-state index contributed by atoms with van der Waals surface area (Å²) < 4.78 is 5.16. The molecular weight excluding hydrogens is 386 g/mol. The summed E-state index contributed by atoms with van der Waals surface area (Å²) in [6.07, 6.45) is 0. The smallest absolute Gasteiger partial charge is 0.230 e. The van der Waals surface area contributed by atoms with Crippen LogP contribution in [0.5, 0.6) is 5.75 Å². The maximum absolute atomic E-state index is 12.3. The highest BCUT2D eigenvalue weighted by Gasteiger charge is 2.18. The number of nitrogens with zero attached hydrogens (tertiary/aromatic N) is 2. The van der Waals surface area contributed by atoms with E-state index < -0.39 is 0 Å². The molecule has 8 heteroatoms. The highest BCUT2D eigenvalue weighted by molar-refractivity contribution is 7.99. The number of aromatic amines is 1. The van der Waals surface area contributed by atoms with Gasteiger partial charge in [-0.3, -0.25) is 9.89 Å². The number of rotatable bonds is 9. The largest absolute Gasteiger partial charge is 0.497 e. The molecule has 0 saturated carbocycles. The van der Waals surface area contributed by atoms with E-state index in [-0.39, 0.29) is 17.7 Å². The molecule has 0 saturated heterocycles. The van der Waals surface area contributed by atoms with Crippen LogP contribution in [-0.2, 0) is 4.79 Å². The van der Waals surface area contributed by atoms with Crippen molar-refractivity contribution in [1.82, 2.24) is 20.5 Å². The van der Waals surface area contributed by atoms with Crippen LogP contribution in [0.1, 0.15) is 11.6 Å². The van der Waals surface area contributed by atoms with Crippen molar-refractivity contribution >= 4 is 17.7 Å². The first-order valence-corrected chi connectivity index (χ1v) is 10.4. The van der Waals surface area contributed by atoms with Gasteiger partial charge >= 0.3 is 0 Å². The van der Waals surface area contributed by atoms with Gasteiger partial charge in [0.2, 0.25) is 11.1 Å². The summed E-state index contributed by atoms with van der Waals surface area (Å²) in [5, 5.41) is 10.7. The lowest BCUT2D eigenvalue weighted by atomic mass is 10.1. The number of hydrogen-bond acceptors (Lipinski definition) is 5. The number of thioether (sulfide) groups is 1. The van der Waals surface area contributed by atoms with Crippen LogP contribution in [0.25, 0.3) is 11.4 Å². The molecule has 0 spiro atoms. The SMILES string of the molecule is COc1ccc(-c2nc(SCC(=O)NC[C@H](c3ccccc3)[NH+](C)C)n[nH]2)cc1. The van der Waals surface area contributed by atoms with Crippen LogP contribution in [-0.4, -0.2) is 54.6 Å². The van der Waals surface area contributed by atoms with E-state index in [4.69, 9.17) is 4.74 Å². The van der Waals surface area contributed by atoms with Crippen LogP contribution in [0.3, 0.4) is 0 Å². The molecule has 29 heavy (non-hydrogen) atoms. The topological polar surface area (TPSA) is 84.3 Å². The van der Waals surface area contributed by atoms with Crippen molar-refractivity contribution in [3.63, 3.8) is 0 Å². The number of hydrogen-bond donors (Lipinski definition) is 3. The highest BCUT2D eigenvalue weighted by atomic mass is 32.2. The van der Waals surface area contributed by atoms with E-state index >= 15 is 0 Å². The van der Waals surface area contributed by atoms with Crippen molar-refractivity contribution < 1.29 is 14.4 Å². The van der Waals surface area contributed by atoms with Gasteiger partial charge in [-0.2, -0.15) is 0 Å². The Morgan fingerprint density at radius 3 is 2.55 bits per heavy atom. The maximum Gasteiger partial charge on any atom is 0.230 e. The van der Waals surface area contributed by atoms with Gasteiger partial charge in [0.15, 0.2) is 5.82 Å². The van der Waals surface area contributed by atoms with Gasteiger partial charge in [-0.25, -0.2) is 4.98 Å². The number of amides is 1. The number of quaternary nitrogens is 1. The van der Waals surface area contributed by atoms with E-state index in [1.165, 1.54) is 22.2 Å². The van der Waals surface area contributed by atoms with Crippen LogP contribution in [0.2, 0.25) is 0 Å². The average Bonchev–Trinajstić information content (AvgIpc) is 3.22. The van der Waals surface area contributed by atoms with Crippen LogP contribution < -0.4 is 15.0 Å². The molecule has 3 aromatic rings. The van der Waals surface area contributed by atoms with E-state index in [2.05, 4.69) is 46.7 Å². The van der Waals surface area contributed by atoms with Gasteiger partial charge in [0.25, 0.3) is 0 Å². The Bertz CT molecular complexity index is 912. The molecule has 0 unspecified atom stereocenters. The molecule has 1 aromatic heterocycles. The molecule has 1 heterocycles. The lowest BCUT2D eigenvalue weighted by molar-refractivity contribution is -0.890. The first-order valence-electron chi connectivity index (χ1n) is 9.38. The number of carbonyl (C=O) groups excluding carboxylic acids is 1. The predicted octanol–water partition coefficient (Wildman–Crippen LogP) is 1.57. The zero-order valence-electron chi connectivity index (χ0n) is 16.8. The lowest BCUT2D eigenvalue weighted by Crippen LogP contribution is -3.07. The quantitative estimate of drug-likeness (QED) is 0.465. The summed E-state index contributed by atoms with van der Waals surface area (Å²) in [7, 11) is 5.81. The number of aromatic nitrogens is 3. The Hall–Kier alpha value is -2.84. The minimum Gasteiger partial charge on any atom is -0.497 e. The van der Waals surface area contributed by atoms with Crippen LogP contribution in [0, 0.1) is 0 Å². The van der Waals surface area contributed by atoms with Gasteiger partial charge in [0.05, 0.1) is 33.5 Å². The van der Waals surface area contributed by atoms with E-state index in [0.717, 1.165) is 11.3 Å². The molecule has 152 valence electrons. The van der Waals surface area contributed by atoms with Crippen molar-refractivity contribution in [2.75, 3.05) is 33.5 Å². The summed E-state index contributed by atoms with van der Waals surface area (Å²) in [5.41, 5.74) is 2.12. The molecule has 0 aliphatic rings. The molecule has 0 aliphatic heterocycles. The average molecular weight is 413 g/mol. The molecule has 1 amide bonds. The third-order valence-electron chi connectivity index (χ3n) is 4.56. The fourth-order valence-electron chi connectivity index (χ4n) is 2.93. The molecule has 1 atom stereocenters. The number of methoxy groups -OCH3 is 1. The second-order valence-electron chi connectivity index (χ2n) is 6.83. The zero-order chi connectivity index (χ0) is 20.6. The number of H-pyrrole nitrogens is 1. The third-order valence-corrected chi connectivity index (χ3v) is 5.41. The first-order chi connectivity index (χ1) is 14.1. The number of benzene rings is 2. The third kappa shape index (κ3) is 5.82. The molecule has 3 rings (SSSR count). The van der Waals surface area contributed by atoms with E-state index in [0.29, 0.717) is 17.5 Å². The standard InChI is InChI=1S/C21H25N5O2S/c1-26(2)18(15-7-5-4-6-8-15)13-22-19(27)14-29-21-23-20(24-25-21)16-9-11-17(28-3)12-10-16/h4-12,18H,13-14H2,1-3H3,(H,22,27)(H,23,24,25)/p+1/t18-/m1/s1. The predicted molar refractivity (Wildman–Crippen MR) is 114 cm³/mol. The molecule has 2 aromatic carbocycles. The molecule has 0 bridgehead atoms. The lowest BCUT2D eigenvalue weighted by Gasteiger charge is -2.22. The number of nitrogens with one attached hydrogen (secondary N) is 3. The monoisotopic (exact) mass is 412 g/mol. The van der Waals surface area contributed by atoms with Crippen LogP contribution in [0.15, 0.2) is 59.8 Å². The Morgan fingerprint density at radius 1 is 1.17 bits per heavy atom. The Morgan fingerprint density at radius 2 is 1.90 bits per heavy atom. The summed E-state index contributed by atoms with van der Waals surface area (Å²) in [6, 6.07) is 18.0. The summed E-state index contributed by atoms with van der Waals surface area (Å²) in [6.45, 7) is 0.580. The maximum atomic E-state index is 12.3. The fraction of sp³-hybridized carbons (Fsp3) is 0.286. The van der Waals surface area contributed by atoms with Crippen LogP contribution >= 0.6 is 11.8 Å². The Labute approximate surface area is 174 Å². The van der Waals surface area contributed by atoms with Crippen LogP contribution in [0.4, 0.5) is 0 Å². The van der Waals surface area contributed by atoms with Gasteiger partial charge in [-0.15, -0.1) is 5.10 Å². The second kappa shape index (κ2) is 10.1. The summed E-state index contributed by atoms with van der Waals surface area (Å²) >= 11 is 1.31. The van der Waals surface area contributed by atoms with Crippen molar-refractivity contribution in [3.8, 4) is 17.1 Å².